The van der Waals surface area contributed by atoms with E-state index in [9.17, 15) is 4.79 Å². The highest BCUT2D eigenvalue weighted by molar-refractivity contribution is 5.86. The molecule has 94 valence electrons. The smallest absolute Gasteiger partial charge is 0.190 e. The molecule has 0 aliphatic rings. The zero-order valence-corrected chi connectivity index (χ0v) is 11.0. The van der Waals surface area contributed by atoms with Crippen LogP contribution in [0.2, 0.25) is 0 Å². The largest absolute Gasteiger partial charge is 0.354 e. The summed E-state index contributed by atoms with van der Waals surface area (Å²) in [5.41, 5.74) is 5.02. The fraction of sp³-hybridized carbons (Fsp3) is 0.118. The number of hydrogen-bond acceptors (Lipinski definition) is 1. The SMILES string of the molecule is Cc1ccc(C)c2c(=O)cc(-c3ccccc3)[nH]c12. The molecule has 0 spiro atoms. The number of aromatic nitrogens is 1. The Labute approximate surface area is 111 Å². The number of H-pyrrole nitrogens is 1. The van der Waals surface area contributed by atoms with E-state index < -0.39 is 0 Å². The molecule has 0 unspecified atom stereocenters. The Balaban J connectivity index is 2.38. The fourth-order valence-corrected chi connectivity index (χ4v) is 2.44. The molecule has 3 aromatic rings. The number of pyridine rings is 1. The quantitative estimate of drug-likeness (QED) is 0.699. The summed E-state index contributed by atoms with van der Waals surface area (Å²) in [6.07, 6.45) is 0. The molecular weight excluding hydrogens is 234 g/mol. The van der Waals surface area contributed by atoms with Crippen molar-refractivity contribution in [2.45, 2.75) is 13.8 Å². The number of fused-ring (bicyclic) bond motifs is 1. The summed E-state index contributed by atoms with van der Waals surface area (Å²) >= 11 is 0. The van der Waals surface area contributed by atoms with E-state index in [0.717, 1.165) is 33.3 Å². The molecule has 0 radical (unpaired) electrons. The van der Waals surface area contributed by atoms with Crippen molar-refractivity contribution >= 4 is 10.9 Å². The highest BCUT2D eigenvalue weighted by Gasteiger charge is 2.08. The van der Waals surface area contributed by atoms with Gasteiger partial charge in [-0.05, 0) is 30.5 Å². The molecule has 0 amide bonds. The lowest BCUT2D eigenvalue weighted by molar-refractivity contribution is 1.33. The zero-order chi connectivity index (χ0) is 13.4. The Bertz CT molecular complexity index is 801. The summed E-state index contributed by atoms with van der Waals surface area (Å²) < 4.78 is 0. The van der Waals surface area contributed by atoms with Crippen LogP contribution in [0.3, 0.4) is 0 Å². The Morgan fingerprint density at radius 1 is 0.895 bits per heavy atom. The third-order valence-electron chi connectivity index (χ3n) is 3.49. The van der Waals surface area contributed by atoms with Gasteiger partial charge in [-0.1, -0.05) is 42.5 Å². The molecule has 0 aliphatic carbocycles. The van der Waals surface area contributed by atoms with Crippen LogP contribution in [-0.4, -0.2) is 4.98 Å². The highest BCUT2D eigenvalue weighted by atomic mass is 16.1. The van der Waals surface area contributed by atoms with Crippen LogP contribution in [-0.2, 0) is 0 Å². The van der Waals surface area contributed by atoms with E-state index in [1.54, 1.807) is 6.07 Å². The van der Waals surface area contributed by atoms with Crippen molar-refractivity contribution in [3.63, 3.8) is 0 Å². The van der Waals surface area contributed by atoms with Crippen molar-refractivity contribution in [3.05, 3.63) is 69.9 Å². The maximum absolute atomic E-state index is 12.3. The second kappa shape index (κ2) is 4.39. The molecule has 1 aromatic heterocycles. The van der Waals surface area contributed by atoms with Crippen LogP contribution in [0.4, 0.5) is 0 Å². The zero-order valence-electron chi connectivity index (χ0n) is 11.0. The van der Waals surface area contributed by atoms with Gasteiger partial charge in [0.15, 0.2) is 5.43 Å². The topological polar surface area (TPSA) is 32.9 Å². The van der Waals surface area contributed by atoms with Gasteiger partial charge in [0.1, 0.15) is 0 Å². The molecule has 0 saturated carbocycles. The summed E-state index contributed by atoms with van der Waals surface area (Å²) in [4.78, 5) is 15.7. The van der Waals surface area contributed by atoms with E-state index >= 15 is 0 Å². The minimum atomic E-state index is 0.0776. The van der Waals surface area contributed by atoms with Crippen LogP contribution in [0.1, 0.15) is 11.1 Å². The Morgan fingerprint density at radius 3 is 2.32 bits per heavy atom. The van der Waals surface area contributed by atoms with Gasteiger partial charge in [-0.25, -0.2) is 0 Å². The van der Waals surface area contributed by atoms with Gasteiger partial charge >= 0.3 is 0 Å². The van der Waals surface area contributed by atoms with Gasteiger partial charge < -0.3 is 4.98 Å². The minimum absolute atomic E-state index is 0.0776. The lowest BCUT2D eigenvalue weighted by atomic mass is 10.0. The molecular formula is C17H15NO. The predicted octanol–water partition coefficient (Wildman–Crippen LogP) is 3.81. The average molecular weight is 249 g/mol. The number of hydrogen-bond donors (Lipinski definition) is 1. The lowest BCUT2D eigenvalue weighted by Crippen LogP contribution is -2.05. The molecule has 0 atom stereocenters. The Hall–Kier alpha value is -2.35. The fourth-order valence-electron chi connectivity index (χ4n) is 2.44. The molecule has 2 aromatic carbocycles. The van der Waals surface area contributed by atoms with Crippen molar-refractivity contribution in [2.75, 3.05) is 0 Å². The first-order chi connectivity index (χ1) is 9.16. The summed E-state index contributed by atoms with van der Waals surface area (Å²) in [6.45, 7) is 3.99. The van der Waals surface area contributed by atoms with E-state index in [-0.39, 0.29) is 5.43 Å². The molecule has 1 heterocycles. The maximum Gasteiger partial charge on any atom is 0.190 e. The van der Waals surface area contributed by atoms with Gasteiger partial charge in [0.05, 0.1) is 5.52 Å². The Kier molecular flexibility index (Phi) is 2.71. The monoisotopic (exact) mass is 249 g/mol. The van der Waals surface area contributed by atoms with Crippen molar-refractivity contribution in [3.8, 4) is 11.3 Å². The van der Waals surface area contributed by atoms with Gasteiger partial charge in [0.2, 0.25) is 0 Å². The predicted molar refractivity (Wildman–Crippen MR) is 79.5 cm³/mol. The van der Waals surface area contributed by atoms with Crippen LogP contribution in [0.5, 0.6) is 0 Å². The van der Waals surface area contributed by atoms with Gasteiger partial charge in [0.25, 0.3) is 0 Å². The first-order valence-electron chi connectivity index (χ1n) is 6.35. The molecule has 0 bridgehead atoms. The van der Waals surface area contributed by atoms with Crippen LogP contribution < -0.4 is 5.43 Å². The summed E-state index contributed by atoms with van der Waals surface area (Å²) in [7, 11) is 0. The molecule has 0 aliphatic heterocycles. The van der Waals surface area contributed by atoms with E-state index in [1.165, 1.54) is 0 Å². The van der Waals surface area contributed by atoms with Crippen LogP contribution in [0.25, 0.3) is 22.2 Å². The lowest BCUT2D eigenvalue weighted by Gasteiger charge is -2.08. The second-order valence-electron chi connectivity index (χ2n) is 4.86. The average Bonchev–Trinajstić information content (AvgIpc) is 2.43. The first-order valence-corrected chi connectivity index (χ1v) is 6.35. The number of benzene rings is 2. The van der Waals surface area contributed by atoms with Crippen LogP contribution in [0, 0.1) is 13.8 Å². The van der Waals surface area contributed by atoms with Gasteiger partial charge in [-0.3, -0.25) is 4.79 Å². The highest BCUT2D eigenvalue weighted by Crippen LogP contribution is 2.22. The third-order valence-corrected chi connectivity index (χ3v) is 3.49. The third kappa shape index (κ3) is 1.95. The number of aromatic amines is 1. The molecule has 19 heavy (non-hydrogen) atoms. The summed E-state index contributed by atoms with van der Waals surface area (Å²) in [6, 6.07) is 15.6. The summed E-state index contributed by atoms with van der Waals surface area (Å²) in [5.74, 6) is 0. The van der Waals surface area contributed by atoms with E-state index in [0.29, 0.717) is 0 Å². The molecule has 1 N–H and O–H groups in total. The normalized spacial score (nSPS) is 10.8. The van der Waals surface area contributed by atoms with Crippen molar-refractivity contribution in [1.29, 1.82) is 0 Å². The first kappa shape index (κ1) is 11.7. The molecule has 2 nitrogen and oxygen atoms in total. The van der Waals surface area contributed by atoms with Gasteiger partial charge in [-0.2, -0.15) is 0 Å². The van der Waals surface area contributed by atoms with Crippen molar-refractivity contribution in [2.24, 2.45) is 0 Å². The van der Waals surface area contributed by atoms with E-state index in [1.807, 2.05) is 56.3 Å². The maximum atomic E-state index is 12.3. The van der Waals surface area contributed by atoms with Crippen LogP contribution >= 0.6 is 0 Å². The number of nitrogens with one attached hydrogen (secondary N) is 1. The Morgan fingerprint density at radius 2 is 1.58 bits per heavy atom. The minimum Gasteiger partial charge on any atom is -0.354 e. The number of rotatable bonds is 1. The van der Waals surface area contributed by atoms with E-state index in [4.69, 9.17) is 0 Å². The molecule has 0 fully saturated rings. The summed E-state index contributed by atoms with van der Waals surface area (Å²) in [5, 5.41) is 0.791. The van der Waals surface area contributed by atoms with E-state index in [2.05, 4.69) is 4.98 Å². The van der Waals surface area contributed by atoms with Gasteiger partial charge in [-0.15, -0.1) is 0 Å². The molecule has 2 heteroatoms. The van der Waals surface area contributed by atoms with Crippen molar-refractivity contribution < 1.29 is 0 Å². The van der Waals surface area contributed by atoms with Crippen LogP contribution in [0.15, 0.2) is 53.3 Å². The standard InChI is InChI=1S/C17H15NO/c1-11-8-9-12(2)17-16(11)15(19)10-14(18-17)13-6-4-3-5-7-13/h3-10H,1-2H3,(H,18,19). The van der Waals surface area contributed by atoms with Crippen molar-refractivity contribution in [1.82, 2.24) is 4.98 Å². The van der Waals surface area contributed by atoms with Gasteiger partial charge in [0, 0.05) is 17.1 Å². The molecule has 3 rings (SSSR count). The molecule has 0 saturated heterocycles. The second-order valence-corrected chi connectivity index (χ2v) is 4.86. The number of aryl methyl sites for hydroxylation is 2.